The minimum Gasteiger partial charge on any atom is -0.491 e. The molecule has 0 radical (unpaired) electrons. The van der Waals surface area contributed by atoms with Crippen LogP contribution in [-0.4, -0.2) is 12.5 Å². The summed E-state index contributed by atoms with van der Waals surface area (Å²) < 4.78 is 5.31. The van der Waals surface area contributed by atoms with E-state index in [0.29, 0.717) is 10.8 Å². The van der Waals surface area contributed by atoms with Gasteiger partial charge in [-0.05, 0) is 24.6 Å². The quantitative estimate of drug-likeness (QED) is 0.824. The van der Waals surface area contributed by atoms with Gasteiger partial charge in [0.1, 0.15) is 5.75 Å². The zero-order valence-electron chi connectivity index (χ0n) is 9.07. The molecule has 4 nitrogen and oxygen atoms in total. The number of nitrogens with two attached hydrogens (primary N) is 2. The van der Waals surface area contributed by atoms with Crippen LogP contribution in [0.2, 0.25) is 5.02 Å². The molecule has 1 aromatic rings. The van der Waals surface area contributed by atoms with Gasteiger partial charge in [-0.25, -0.2) is 0 Å². The summed E-state index contributed by atoms with van der Waals surface area (Å²) in [6.45, 7) is 2.10. The summed E-state index contributed by atoms with van der Waals surface area (Å²) in [6.07, 6.45) is 0.172. The monoisotopic (exact) mass is 242 g/mol. The summed E-state index contributed by atoms with van der Waals surface area (Å²) in [6, 6.07) is 5.27. The average Bonchev–Trinajstić information content (AvgIpc) is 2.19. The lowest BCUT2D eigenvalue weighted by Gasteiger charge is -2.10. The average molecular weight is 243 g/mol. The summed E-state index contributed by atoms with van der Waals surface area (Å²) in [4.78, 5) is 10.5. The largest absolute Gasteiger partial charge is 0.491 e. The van der Waals surface area contributed by atoms with Gasteiger partial charge in [-0.3, -0.25) is 4.79 Å². The van der Waals surface area contributed by atoms with E-state index in [1.807, 2.05) is 13.0 Å². The van der Waals surface area contributed by atoms with Crippen molar-refractivity contribution in [3.63, 3.8) is 0 Å². The summed E-state index contributed by atoms with van der Waals surface area (Å²) in [5, 5.41) is 0.485. The number of halogens is 1. The second kappa shape index (κ2) is 5.72. The molecule has 0 saturated heterocycles. The van der Waals surface area contributed by atoms with Gasteiger partial charge in [0.2, 0.25) is 5.91 Å². The molecule has 0 spiro atoms. The van der Waals surface area contributed by atoms with Gasteiger partial charge >= 0.3 is 0 Å². The molecule has 1 atom stereocenters. The standard InChI is InChI=1S/C11H15ClN2O2/c1-7(13)8-2-3-10(9(12)6-8)16-5-4-11(14)15/h2-3,6-7H,4-5,13H2,1H3,(H2,14,15). The number of amides is 1. The van der Waals surface area contributed by atoms with Crippen molar-refractivity contribution in [2.75, 3.05) is 6.61 Å². The van der Waals surface area contributed by atoms with E-state index in [1.165, 1.54) is 0 Å². The molecule has 0 heterocycles. The predicted octanol–water partition coefficient (Wildman–Crippen LogP) is 1.61. The minimum atomic E-state index is -0.400. The van der Waals surface area contributed by atoms with Gasteiger partial charge in [0.25, 0.3) is 0 Å². The Morgan fingerprint density at radius 1 is 1.56 bits per heavy atom. The predicted molar refractivity (Wildman–Crippen MR) is 63.4 cm³/mol. The van der Waals surface area contributed by atoms with Gasteiger partial charge in [0, 0.05) is 6.04 Å². The van der Waals surface area contributed by atoms with Gasteiger partial charge in [0.05, 0.1) is 18.1 Å². The summed E-state index contributed by atoms with van der Waals surface area (Å²) in [7, 11) is 0. The molecular formula is C11H15ClN2O2. The maximum atomic E-state index is 10.5. The van der Waals surface area contributed by atoms with Crippen molar-refractivity contribution in [1.82, 2.24) is 0 Å². The van der Waals surface area contributed by atoms with Crippen molar-refractivity contribution >= 4 is 17.5 Å². The number of hydrogen-bond donors (Lipinski definition) is 2. The molecule has 1 unspecified atom stereocenters. The maximum Gasteiger partial charge on any atom is 0.220 e. The lowest BCUT2D eigenvalue weighted by Crippen LogP contribution is -2.14. The molecule has 16 heavy (non-hydrogen) atoms. The number of carbonyl (C=O) groups excluding carboxylic acids is 1. The summed E-state index contributed by atoms with van der Waals surface area (Å²) in [5.41, 5.74) is 11.6. The first-order valence-electron chi connectivity index (χ1n) is 4.97. The Hall–Kier alpha value is -1.26. The van der Waals surface area contributed by atoms with Gasteiger partial charge < -0.3 is 16.2 Å². The van der Waals surface area contributed by atoms with Crippen molar-refractivity contribution in [3.8, 4) is 5.75 Å². The number of benzene rings is 1. The smallest absolute Gasteiger partial charge is 0.220 e. The highest BCUT2D eigenvalue weighted by Gasteiger charge is 2.06. The molecule has 0 bridgehead atoms. The Kier molecular flexibility index (Phi) is 4.58. The van der Waals surface area contributed by atoms with E-state index in [1.54, 1.807) is 12.1 Å². The third-order valence-corrected chi connectivity index (χ3v) is 2.38. The third-order valence-electron chi connectivity index (χ3n) is 2.09. The van der Waals surface area contributed by atoms with Crippen LogP contribution in [0.1, 0.15) is 24.9 Å². The first kappa shape index (κ1) is 12.8. The van der Waals surface area contributed by atoms with Crippen LogP contribution in [0.25, 0.3) is 0 Å². The van der Waals surface area contributed by atoms with E-state index in [9.17, 15) is 4.79 Å². The number of ether oxygens (including phenoxy) is 1. The first-order chi connectivity index (χ1) is 7.50. The van der Waals surface area contributed by atoms with Crippen LogP contribution < -0.4 is 16.2 Å². The lowest BCUT2D eigenvalue weighted by molar-refractivity contribution is -0.118. The lowest BCUT2D eigenvalue weighted by atomic mass is 10.1. The molecule has 1 amide bonds. The molecule has 88 valence electrons. The van der Waals surface area contributed by atoms with E-state index in [2.05, 4.69) is 0 Å². The fraction of sp³-hybridized carbons (Fsp3) is 0.364. The fourth-order valence-electron chi connectivity index (χ4n) is 1.18. The van der Waals surface area contributed by atoms with Crippen LogP contribution in [0.4, 0.5) is 0 Å². The van der Waals surface area contributed by atoms with Crippen LogP contribution in [0, 0.1) is 0 Å². The second-order valence-corrected chi connectivity index (χ2v) is 3.95. The second-order valence-electron chi connectivity index (χ2n) is 3.54. The van der Waals surface area contributed by atoms with Crippen molar-refractivity contribution in [2.45, 2.75) is 19.4 Å². The minimum absolute atomic E-state index is 0.0721. The summed E-state index contributed by atoms with van der Waals surface area (Å²) >= 11 is 5.99. The van der Waals surface area contributed by atoms with E-state index in [0.717, 1.165) is 5.56 Å². The number of carbonyl (C=O) groups is 1. The van der Waals surface area contributed by atoms with Crippen molar-refractivity contribution in [3.05, 3.63) is 28.8 Å². The van der Waals surface area contributed by atoms with Gasteiger partial charge in [-0.1, -0.05) is 17.7 Å². The molecule has 0 aliphatic rings. The van der Waals surface area contributed by atoms with Crippen LogP contribution in [0.15, 0.2) is 18.2 Å². The van der Waals surface area contributed by atoms with Crippen molar-refractivity contribution < 1.29 is 9.53 Å². The van der Waals surface area contributed by atoms with Crippen LogP contribution in [-0.2, 0) is 4.79 Å². The van der Waals surface area contributed by atoms with Gasteiger partial charge in [-0.15, -0.1) is 0 Å². The van der Waals surface area contributed by atoms with Crippen molar-refractivity contribution in [1.29, 1.82) is 0 Å². The molecule has 0 aliphatic heterocycles. The third kappa shape index (κ3) is 3.72. The van der Waals surface area contributed by atoms with Crippen LogP contribution in [0.3, 0.4) is 0 Å². The number of primary amides is 1. The highest BCUT2D eigenvalue weighted by Crippen LogP contribution is 2.27. The Labute approximate surface area is 99.5 Å². The van der Waals surface area contributed by atoms with E-state index >= 15 is 0 Å². The van der Waals surface area contributed by atoms with Gasteiger partial charge in [0.15, 0.2) is 0 Å². The molecule has 5 heteroatoms. The molecule has 1 aromatic carbocycles. The molecule has 0 aliphatic carbocycles. The SMILES string of the molecule is CC(N)c1ccc(OCCC(N)=O)c(Cl)c1. The fourth-order valence-corrected chi connectivity index (χ4v) is 1.42. The first-order valence-corrected chi connectivity index (χ1v) is 5.34. The zero-order valence-corrected chi connectivity index (χ0v) is 9.83. The van der Waals surface area contributed by atoms with Crippen LogP contribution >= 0.6 is 11.6 Å². The zero-order chi connectivity index (χ0) is 12.1. The van der Waals surface area contributed by atoms with Crippen LogP contribution in [0.5, 0.6) is 5.75 Å². The molecule has 0 aromatic heterocycles. The molecule has 0 saturated carbocycles. The van der Waals surface area contributed by atoms with Crippen molar-refractivity contribution in [2.24, 2.45) is 11.5 Å². The Bertz CT molecular complexity index is 380. The molecule has 0 fully saturated rings. The highest BCUT2D eigenvalue weighted by molar-refractivity contribution is 6.32. The maximum absolute atomic E-state index is 10.5. The normalized spacial score (nSPS) is 12.2. The Balaban J connectivity index is 2.64. The molecular weight excluding hydrogens is 228 g/mol. The van der Waals surface area contributed by atoms with E-state index in [-0.39, 0.29) is 19.1 Å². The van der Waals surface area contributed by atoms with E-state index < -0.39 is 5.91 Å². The summed E-state index contributed by atoms with van der Waals surface area (Å²) in [5.74, 6) is 0.135. The van der Waals surface area contributed by atoms with Gasteiger partial charge in [-0.2, -0.15) is 0 Å². The highest BCUT2D eigenvalue weighted by atomic mass is 35.5. The Morgan fingerprint density at radius 3 is 2.75 bits per heavy atom. The number of rotatable bonds is 5. The number of hydrogen-bond acceptors (Lipinski definition) is 3. The van der Waals surface area contributed by atoms with E-state index in [4.69, 9.17) is 27.8 Å². The molecule has 4 N–H and O–H groups in total. The molecule has 1 rings (SSSR count). The Morgan fingerprint density at radius 2 is 2.25 bits per heavy atom. The topological polar surface area (TPSA) is 78.3 Å².